The van der Waals surface area contributed by atoms with Crippen molar-refractivity contribution in [3.05, 3.63) is 35.6 Å². The Kier molecular flexibility index (Phi) is 4.87. The maximum Gasteiger partial charge on any atom is 0.128 e. The second kappa shape index (κ2) is 6.43. The molecule has 3 N–H and O–H groups in total. The lowest BCUT2D eigenvalue weighted by molar-refractivity contribution is 0.101. The minimum Gasteiger partial charge on any atom is -0.304 e. The van der Waals surface area contributed by atoms with E-state index in [1.54, 1.807) is 12.1 Å². The lowest BCUT2D eigenvalue weighted by Crippen LogP contribution is -2.51. The quantitative estimate of drug-likeness (QED) is 0.629. The largest absolute Gasteiger partial charge is 0.304 e. The molecule has 2 rings (SSSR count). The Morgan fingerprint density at radius 1 is 1.37 bits per heavy atom. The molecule has 1 saturated heterocycles. The van der Waals surface area contributed by atoms with Crippen LogP contribution in [0.1, 0.15) is 18.0 Å². The summed E-state index contributed by atoms with van der Waals surface area (Å²) < 4.78 is 13.8. The molecule has 1 heterocycles. The summed E-state index contributed by atoms with van der Waals surface area (Å²) >= 11 is 0. The third kappa shape index (κ3) is 3.51. The third-order valence-electron chi connectivity index (χ3n) is 3.97. The summed E-state index contributed by atoms with van der Waals surface area (Å²) in [4.78, 5) is 4.63. The van der Waals surface area contributed by atoms with Gasteiger partial charge in [0.15, 0.2) is 0 Å². The van der Waals surface area contributed by atoms with Gasteiger partial charge in [-0.3, -0.25) is 11.3 Å². The monoisotopic (exact) mass is 266 g/mol. The molecule has 4 nitrogen and oxygen atoms in total. The van der Waals surface area contributed by atoms with Crippen LogP contribution in [-0.2, 0) is 0 Å². The fraction of sp³-hybridized carbons (Fsp3) is 0.571. The van der Waals surface area contributed by atoms with E-state index in [0.29, 0.717) is 11.6 Å². The standard InChI is InChI=1S/C14H23FN4/c1-18-7-8-19(2)11(10-18)9-14(17-16)12-5-3-4-6-13(12)15/h3-6,11,14,17H,7-10,16H2,1-2H3. The molecule has 1 aliphatic rings. The van der Waals surface area contributed by atoms with Crippen molar-refractivity contribution >= 4 is 0 Å². The molecule has 5 heteroatoms. The molecule has 1 aromatic rings. The summed E-state index contributed by atoms with van der Waals surface area (Å²) in [5.74, 6) is 5.43. The van der Waals surface area contributed by atoms with Gasteiger partial charge in [-0.15, -0.1) is 0 Å². The average Bonchev–Trinajstić information content (AvgIpc) is 2.41. The highest BCUT2D eigenvalue weighted by atomic mass is 19.1. The summed E-state index contributed by atoms with van der Waals surface area (Å²) in [6.07, 6.45) is 0.804. The van der Waals surface area contributed by atoms with Gasteiger partial charge in [0.25, 0.3) is 0 Å². The lowest BCUT2D eigenvalue weighted by atomic mass is 9.97. The first-order chi connectivity index (χ1) is 9.11. The van der Waals surface area contributed by atoms with Gasteiger partial charge in [-0.25, -0.2) is 4.39 Å². The first-order valence-corrected chi connectivity index (χ1v) is 6.71. The van der Waals surface area contributed by atoms with E-state index in [-0.39, 0.29) is 11.9 Å². The number of hydrazine groups is 1. The third-order valence-corrected chi connectivity index (χ3v) is 3.97. The number of rotatable bonds is 4. The average molecular weight is 266 g/mol. The molecule has 0 aliphatic carbocycles. The Labute approximate surface area is 114 Å². The van der Waals surface area contributed by atoms with Crippen molar-refractivity contribution < 1.29 is 4.39 Å². The van der Waals surface area contributed by atoms with Crippen LogP contribution in [0.3, 0.4) is 0 Å². The van der Waals surface area contributed by atoms with E-state index in [9.17, 15) is 4.39 Å². The molecule has 0 saturated carbocycles. The van der Waals surface area contributed by atoms with Gasteiger partial charge in [-0.05, 0) is 26.6 Å². The summed E-state index contributed by atoms with van der Waals surface area (Å²) in [6, 6.07) is 7.06. The van der Waals surface area contributed by atoms with E-state index >= 15 is 0 Å². The smallest absolute Gasteiger partial charge is 0.128 e. The van der Waals surface area contributed by atoms with Gasteiger partial charge in [0.05, 0.1) is 6.04 Å². The van der Waals surface area contributed by atoms with Crippen LogP contribution in [0.4, 0.5) is 4.39 Å². The normalized spacial score (nSPS) is 23.5. The Morgan fingerprint density at radius 3 is 2.79 bits per heavy atom. The molecular weight excluding hydrogens is 243 g/mol. The molecule has 0 amide bonds. The Morgan fingerprint density at radius 2 is 2.11 bits per heavy atom. The van der Waals surface area contributed by atoms with Crippen LogP contribution in [0.25, 0.3) is 0 Å². The molecule has 0 radical (unpaired) electrons. The van der Waals surface area contributed by atoms with Gasteiger partial charge in [0, 0.05) is 31.2 Å². The van der Waals surface area contributed by atoms with Crippen LogP contribution < -0.4 is 11.3 Å². The number of nitrogens with one attached hydrogen (secondary N) is 1. The van der Waals surface area contributed by atoms with Crippen LogP contribution in [0.5, 0.6) is 0 Å². The van der Waals surface area contributed by atoms with E-state index in [1.165, 1.54) is 6.07 Å². The summed E-state index contributed by atoms with van der Waals surface area (Å²) in [6.45, 7) is 3.10. The number of piperazine rings is 1. The van der Waals surface area contributed by atoms with Gasteiger partial charge >= 0.3 is 0 Å². The van der Waals surface area contributed by atoms with Crippen LogP contribution in [0, 0.1) is 5.82 Å². The van der Waals surface area contributed by atoms with Gasteiger partial charge in [0.1, 0.15) is 5.82 Å². The van der Waals surface area contributed by atoms with Gasteiger partial charge < -0.3 is 9.80 Å². The van der Waals surface area contributed by atoms with Crippen molar-refractivity contribution in [3.8, 4) is 0 Å². The van der Waals surface area contributed by atoms with Gasteiger partial charge in [-0.2, -0.15) is 0 Å². The minimum atomic E-state index is -0.197. The van der Waals surface area contributed by atoms with Crippen molar-refractivity contribution in [2.75, 3.05) is 33.7 Å². The molecule has 1 aliphatic heterocycles. The summed E-state index contributed by atoms with van der Waals surface area (Å²) in [7, 11) is 4.24. The Balaban J connectivity index is 2.08. The first kappa shape index (κ1) is 14.4. The van der Waals surface area contributed by atoms with E-state index in [1.807, 2.05) is 6.07 Å². The zero-order valence-electron chi connectivity index (χ0n) is 11.6. The minimum absolute atomic E-state index is 0.153. The zero-order chi connectivity index (χ0) is 13.8. The predicted molar refractivity (Wildman–Crippen MR) is 75.0 cm³/mol. The molecule has 0 bridgehead atoms. The SMILES string of the molecule is CN1CCN(C)C(CC(NN)c2ccccc2F)C1. The van der Waals surface area contributed by atoms with Crippen molar-refractivity contribution in [2.24, 2.45) is 5.84 Å². The van der Waals surface area contributed by atoms with E-state index in [0.717, 1.165) is 26.1 Å². The predicted octanol–water partition coefficient (Wildman–Crippen LogP) is 0.966. The van der Waals surface area contributed by atoms with E-state index in [4.69, 9.17) is 5.84 Å². The number of nitrogens with zero attached hydrogens (tertiary/aromatic N) is 2. The molecule has 1 fully saturated rings. The van der Waals surface area contributed by atoms with Crippen LogP contribution in [0.2, 0.25) is 0 Å². The number of nitrogens with two attached hydrogens (primary N) is 1. The maximum absolute atomic E-state index is 13.8. The number of halogens is 1. The van der Waals surface area contributed by atoms with Crippen molar-refractivity contribution in [2.45, 2.75) is 18.5 Å². The van der Waals surface area contributed by atoms with Crippen molar-refractivity contribution in [3.63, 3.8) is 0 Å². The molecule has 106 valence electrons. The van der Waals surface area contributed by atoms with Gasteiger partial charge in [-0.1, -0.05) is 18.2 Å². The molecule has 0 aromatic heterocycles. The topological polar surface area (TPSA) is 44.5 Å². The van der Waals surface area contributed by atoms with Crippen molar-refractivity contribution in [1.29, 1.82) is 0 Å². The Bertz CT molecular complexity index is 412. The second-order valence-corrected chi connectivity index (χ2v) is 5.37. The number of hydrogen-bond acceptors (Lipinski definition) is 4. The summed E-state index contributed by atoms with van der Waals surface area (Å²) in [5.41, 5.74) is 3.40. The maximum atomic E-state index is 13.8. The molecule has 0 spiro atoms. The second-order valence-electron chi connectivity index (χ2n) is 5.37. The summed E-state index contributed by atoms with van der Waals surface area (Å²) in [5, 5.41) is 0. The fourth-order valence-corrected chi connectivity index (χ4v) is 2.67. The lowest BCUT2D eigenvalue weighted by Gasteiger charge is -2.39. The number of likely N-dealkylation sites (N-methyl/N-ethyl adjacent to an activating group) is 2. The van der Waals surface area contributed by atoms with E-state index in [2.05, 4.69) is 29.3 Å². The molecule has 2 atom stereocenters. The van der Waals surface area contributed by atoms with Crippen LogP contribution in [0.15, 0.2) is 24.3 Å². The zero-order valence-corrected chi connectivity index (χ0v) is 11.6. The van der Waals surface area contributed by atoms with Crippen LogP contribution in [-0.4, -0.2) is 49.6 Å². The van der Waals surface area contributed by atoms with Gasteiger partial charge in [0.2, 0.25) is 0 Å². The van der Waals surface area contributed by atoms with Crippen molar-refractivity contribution in [1.82, 2.24) is 15.2 Å². The first-order valence-electron chi connectivity index (χ1n) is 6.71. The molecule has 2 unspecified atom stereocenters. The Hall–Kier alpha value is -1.01. The highest BCUT2D eigenvalue weighted by molar-refractivity contribution is 5.21. The molecular formula is C14H23FN4. The molecule has 19 heavy (non-hydrogen) atoms. The number of benzene rings is 1. The van der Waals surface area contributed by atoms with Crippen LogP contribution >= 0.6 is 0 Å². The number of hydrogen-bond donors (Lipinski definition) is 2. The highest BCUT2D eigenvalue weighted by Gasteiger charge is 2.26. The molecule has 1 aromatic carbocycles. The fourth-order valence-electron chi connectivity index (χ4n) is 2.67. The van der Waals surface area contributed by atoms with E-state index < -0.39 is 0 Å². The highest BCUT2D eigenvalue weighted by Crippen LogP contribution is 2.23.